The average molecular weight is 330 g/mol. The molecule has 0 unspecified atom stereocenters. The van der Waals surface area contributed by atoms with Crippen molar-refractivity contribution in [1.29, 1.82) is 0 Å². The molecule has 2 rings (SSSR count). The van der Waals surface area contributed by atoms with Crippen molar-refractivity contribution >= 4 is 5.91 Å². The van der Waals surface area contributed by atoms with Gasteiger partial charge in [-0.25, -0.2) is 0 Å². The Kier molecular flexibility index (Phi) is 5.31. The van der Waals surface area contributed by atoms with Crippen molar-refractivity contribution < 1.29 is 23.1 Å². The minimum absolute atomic E-state index is 0.0602. The third kappa shape index (κ3) is 4.68. The number of β-amino-alcohol motifs (C(OH)–C–C–N with tert-alkyl or cyclic N) is 1. The monoisotopic (exact) mass is 330 g/mol. The molecule has 0 bridgehead atoms. The number of carbonyl (C=O) groups excluding carboxylic acids is 1. The zero-order valence-corrected chi connectivity index (χ0v) is 13.2. The second-order valence-corrected chi connectivity index (χ2v) is 6.21. The van der Waals surface area contributed by atoms with E-state index in [1.165, 1.54) is 11.0 Å². The Morgan fingerprint density at radius 1 is 1.35 bits per heavy atom. The van der Waals surface area contributed by atoms with Crippen LogP contribution in [0.4, 0.5) is 13.2 Å². The van der Waals surface area contributed by atoms with Crippen LogP contribution in [0.5, 0.6) is 0 Å². The van der Waals surface area contributed by atoms with Crippen LogP contribution in [0.15, 0.2) is 24.3 Å². The molecule has 1 saturated heterocycles. The van der Waals surface area contributed by atoms with Crippen molar-refractivity contribution in [2.75, 3.05) is 27.2 Å². The highest BCUT2D eigenvalue weighted by atomic mass is 19.4. The number of aliphatic hydroxyl groups is 1. The predicted octanol–water partition coefficient (Wildman–Crippen LogP) is 1.98. The fourth-order valence-electron chi connectivity index (χ4n) is 2.78. The minimum atomic E-state index is -4.36. The topological polar surface area (TPSA) is 43.8 Å². The van der Waals surface area contributed by atoms with E-state index < -0.39 is 17.8 Å². The van der Waals surface area contributed by atoms with Gasteiger partial charge in [-0.05, 0) is 11.6 Å². The van der Waals surface area contributed by atoms with Crippen LogP contribution in [0.3, 0.4) is 0 Å². The van der Waals surface area contributed by atoms with Gasteiger partial charge >= 0.3 is 6.18 Å². The van der Waals surface area contributed by atoms with Crippen molar-refractivity contribution in [3.8, 4) is 0 Å². The van der Waals surface area contributed by atoms with Crippen molar-refractivity contribution in [2.45, 2.75) is 25.2 Å². The summed E-state index contributed by atoms with van der Waals surface area (Å²) in [5.41, 5.74) is -0.124. The van der Waals surface area contributed by atoms with Gasteiger partial charge in [0.25, 0.3) is 0 Å². The van der Waals surface area contributed by atoms with E-state index in [-0.39, 0.29) is 18.2 Å². The molecule has 4 nitrogen and oxygen atoms in total. The van der Waals surface area contributed by atoms with Gasteiger partial charge in [-0.15, -0.1) is 0 Å². The number of alkyl halides is 3. The molecule has 1 heterocycles. The number of rotatable bonds is 4. The molecular weight excluding hydrogens is 309 g/mol. The van der Waals surface area contributed by atoms with E-state index in [0.29, 0.717) is 25.2 Å². The van der Waals surface area contributed by atoms with Gasteiger partial charge in [-0.3, -0.25) is 9.69 Å². The maximum absolute atomic E-state index is 12.7. The molecule has 7 heteroatoms. The molecule has 1 aromatic carbocycles. The molecule has 1 N–H and O–H groups in total. The summed E-state index contributed by atoms with van der Waals surface area (Å²) < 4.78 is 38.2. The highest BCUT2D eigenvalue weighted by molar-refractivity contribution is 5.75. The molecule has 0 radical (unpaired) electrons. The summed E-state index contributed by atoms with van der Waals surface area (Å²) in [5, 5.41) is 10.1. The first-order valence-electron chi connectivity index (χ1n) is 7.43. The van der Waals surface area contributed by atoms with E-state index >= 15 is 0 Å². The van der Waals surface area contributed by atoms with Crippen LogP contribution in [0.1, 0.15) is 17.5 Å². The summed E-state index contributed by atoms with van der Waals surface area (Å²) in [5.74, 6) is -0.245. The van der Waals surface area contributed by atoms with Gasteiger partial charge in [0.05, 0.1) is 11.7 Å². The van der Waals surface area contributed by atoms with Crippen LogP contribution in [0, 0.1) is 5.92 Å². The Balaban J connectivity index is 1.98. The molecule has 1 aliphatic heterocycles. The fourth-order valence-corrected chi connectivity index (χ4v) is 2.78. The zero-order valence-electron chi connectivity index (χ0n) is 13.2. The fraction of sp³-hybridized carbons (Fsp3) is 0.562. The first-order valence-corrected chi connectivity index (χ1v) is 7.43. The van der Waals surface area contributed by atoms with E-state index in [1.54, 1.807) is 20.2 Å². The lowest BCUT2D eigenvalue weighted by atomic mass is 10.0. The van der Waals surface area contributed by atoms with E-state index in [4.69, 9.17) is 0 Å². The van der Waals surface area contributed by atoms with Crippen LogP contribution in [-0.4, -0.2) is 54.1 Å². The van der Waals surface area contributed by atoms with Gasteiger partial charge < -0.3 is 10.0 Å². The summed E-state index contributed by atoms with van der Waals surface area (Å²) in [6, 6.07) is 5.20. The molecule has 0 aliphatic carbocycles. The molecule has 128 valence electrons. The quantitative estimate of drug-likeness (QED) is 0.918. The number of aliphatic hydroxyl groups excluding tert-OH is 1. The van der Waals surface area contributed by atoms with E-state index in [1.807, 2.05) is 4.90 Å². The van der Waals surface area contributed by atoms with Crippen LogP contribution in [-0.2, 0) is 17.5 Å². The normalized spacial score (nSPS) is 22.3. The molecular formula is C16H21F3N2O2. The van der Waals surface area contributed by atoms with Crippen LogP contribution in [0.2, 0.25) is 0 Å². The van der Waals surface area contributed by atoms with Gasteiger partial charge in [0.1, 0.15) is 0 Å². The average Bonchev–Trinajstić information content (AvgIpc) is 2.78. The van der Waals surface area contributed by atoms with E-state index in [9.17, 15) is 23.1 Å². The first-order chi connectivity index (χ1) is 10.7. The van der Waals surface area contributed by atoms with Gasteiger partial charge in [-0.2, -0.15) is 13.2 Å². The van der Waals surface area contributed by atoms with E-state index in [2.05, 4.69) is 0 Å². The predicted molar refractivity (Wildman–Crippen MR) is 79.5 cm³/mol. The Labute approximate surface area is 133 Å². The number of hydrogen-bond donors (Lipinski definition) is 1. The zero-order chi connectivity index (χ0) is 17.2. The maximum Gasteiger partial charge on any atom is 0.416 e. The summed E-state index contributed by atoms with van der Waals surface area (Å²) >= 11 is 0. The summed E-state index contributed by atoms with van der Waals surface area (Å²) in [6.07, 6.45) is -4.75. The second-order valence-electron chi connectivity index (χ2n) is 6.21. The lowest BCUT2D eigenvalue weighted by Gasteiger charge is -2.17. The highest BCUT2D eigenvalue weighted by Crippen LogP contribution is 2.30. The molecule has 0 aromatic heterocycles. The molecule has 1 aromatic rings. The van der Waals surface area contributed by atoms with Crippen molar-refractivity contribution in [3.63, 3.8) is 0 Å². The number of halogens is 3. The lowest BCUT2D eigenvalue weighted by molar-refractivity contribution is -0.137. The van der Waals surface area contributed by atoms with Crippen LogP contribution >= 0.6 is 0 Å². The molecule has 0 spiro atoms. The van der Waals surface area contributed by atoms with Gasteiger partial charge in [0.15, 0.2) is 0 Å². The van der Waals surface area contributed by atoms with Crippen molar-refractivity contribution in [1.82, 2.24) is 9.80 Å². The lowest BCUT2D eigenvalue weighted by Crippen LogP contribution is -2.28. The number of hydrogen-bond acceptors (Lipinski definition) is 3. The summed E-state index contributed by atoms with van der Waals surface area (Å²) in [4.78, 5) is 15.1. The minimum Gasteiger partial charge on any atom is -0.391 e. The molecule has 23 heavy (non-hydrogen) atoms. The summed E-state index contributed by atoms with van der Waals surface area (Å²) in [7, 11) is 3.31. The van der Waals surface area contributed by atoms with Crippen LogP contribution < -0.4 is 0 Å². The number of likely N-dealkylation sites (tertiary alicyclic amines) is 1. The van der Waals surface area contributed by atoms with Gasteiger partial charge in [0, 0.05) is 46.1 Å². The molecule has 1 fully saturated rings. The third-order valence-electron chi connectivity index (χ3n) is 4.08. The molecule has 2 atom stereocenters. The second kappa shape index (κ2) is 6.88. The highest BCUT2D eigenvalue weighted by Gasteiger charge is 2.34. The Morgan fingerprint density at radius 3 is 2.65 bits per heavy atom. The number of benzene rings is 1. The smallest absolute Gasteiger partial charge is 0.391 e. The number of carbonyl (C=O) groups is 1. The first kappa shape index (κ1) is 17.7. The molecule has 1 amide bonds. The van der Waals surface area contributed by atoms with Gasteiger partial charge in [-0.1, -0.05) is 18.2 Å². The standard InChI is InChI=1S/C16H21F3N2O2/c1-20(2)15(23)7-12-9-21(10-14(12)22)8-11-4-3-5-13(6-11)16(17,18)19/h3-6,12,14,22H,7-10H2,1-2H3/t12-,14-/m0/s1. The van der Waals surface area contributed by atoms with Crippen molar-refractivity contribution in [2.24, 2.45) is 5.92 Å². The Morgan fingerprint density at radius 2 is 2.04 bits per heavy atom. The number of amides is 1. The Hall–Kier alpha value is -1.60. The largest absolute Gasteiger partial charge is 0.416 e. The Bertz CT molecular complexity index is 561. The summed E-state index contributed by atoms with van der Waals surface area (Å²) in [6.45, 7) is 1.19. The third-order valence-corrected chi connectivity index (χ3v) is 4.08. The maximum atomic E-state index is 12.7. The van der Waals surface area contributed by atoms with Gasteiger partial charge in [0.2, 0.25) is 5.91 Å². The van der Waals surface area contributed by atoms with E-state index in [0.717, 1.165) is 12.1 Å². The van der Waals surface area contributed by atoms with Crippen LogP contribution in [0.25, 0.3) is 0 Å². The molecule has 1 aliphatic rings. The molecule has 0 saturated carbocycles. The SMILES string of the molecule is CN(C)C(=O)C[C@H]1CN(Cc2cccc(C(F)(F)F)c2)C[C@@H]1O. The number of nitrogens with zero attached hydrogens (tertiary/aromatic N) is 2. The van der Waals surface area contributed by atoms with Crippen molar-refractivity contribution in [3.05, 3.63) is 35.4 Å².